The van der Waals surface area contributed by atoms with Gasteiger partial charge in [0.25, 0.3) is 0 Å². The molecule has 8 heteroatoms. The molecule has 0 saturated carbocycles. The molecule has 0 aliphatic heterocycles. The molecule has 0 radical (unpaired) electrons. The lowest BCUT2D eigenvalue weighted by atomic mass is 10.2. The second-order valence-corrected chi connectivity index (χ2v) is 9.57. The number of alkyl carbamates (subject to hydrolysis) is 1. The number of nitrogens with one attached hydrogen (secondary N) is 1. The fourth-order valence-corrected chi connectivity index (χ4v) is 2.59. The van der Waals surface area contributed by atoms with E-state index in [1.54, 1.807) is 12.1 Å². The summed E-state index contributed by atoms with van der Waals surface area (Å²) in [4.78, 5) is 32.2. The first kappa shape index (κ1) is 17.6. The largest absolute Gasteiger partial charge is 0.480 e. The van der Waals surface area contributed by atoms with Gasteiger partial charge in [-0.3, -0.25) is 0 Å². The van der Waals surface area contributed by atoms with Crippen molar-refractivity contribution in [3.05, 3.63) is 35.9 Å². The summed E-state index contributed by atoms with van der Waals surface area (Å²) in [6.07, 6.45) is -3.05. The van der Waals surface area contributed by atoms with Crippen molar-refractivity contribution >= 4 is 30.1 Å². The normalized spacial score (nSPS) is 14.8. The Balaban J connectivity index is 2.45. The molecule has 21 heavy (non-hydrogen) atoms. The van der Waals surface area contributed by atoms with E-state index in [1.807, 2.05) is 18.2 Å². The van der Waals surface area contributed by atoms with E-state index in [2.05, 4.69) is 5.32 Å². The van der Waals surface area contributed by atoms with Crippen LogP contribution < -0.4 is 5.32 Å². The lowest BCUT2D eigenvalue weighted by molar-refractivity contribution is -0.139. The summed E-state index contributed by atoms with van der Waals surface area (Å²) in [5.74, 6) is -1.19. The van der Waals surface area contributed by atoms with Gasteiger partial charge in [-0.25, -0.2) is 9.59 Å². The fourth-order valence-electron chi connectivity index (χ4n) is 1.53. The molecule has 116 valence electrons. The number of amides is 1. The van der Waals surface area contributed by atoms with Crippen molar-refractivity contribution in [3.63, 3.8) is 0 Å². The van der Waals surface area contributed by atoms with Crippen LogP contribution in [0.15, 0.2) is 30.3 Å². The molecule has 1 amide bonds. The predicted molar refractivity (Wildman–Crippen MR) is 83.1 cm³/mol. The number of carboxylic acids is 1. The first-order valence-electron chi connectivity index (χ1n) is 6.27. The molecule has 0 fully saturated rings. The van der Waals surface area contributed by atoms with Crippen LogP contribution in [0.4, 0.5) is 4.79 Å². The minimum absolute atomic E-state index is 0.0603. The zero-order valence-electron chi connectivity index (χ0n) is 11.6. The maximum absolute atomic E-state index is 11.6. The summed E-state index contributed by atoms with van der Waals surface area (Å²) in [6.45, 7) is 1.57. The molecule has 2 atom stereocenters. The number of hydrogen-bond donors (Lipinski definition) is 3. The highest BCUT2D eigenvalue weighted by atomic mass is 32.4. The number of ether oxygens (including phenoxy) is 1. The van der Waals surface area contributed by atoms with Gasteiger partial charge in [0.15, 0.2) is 0 Å². The third kappa shape index (κ3) is 7.80. The Labute approximate surface area is 128 Å². The topological polar surface area (TPSA) is 95.9 Å². The van der Waals surface area contributed by atoms with Crippen molar-refractivity contribution in [3.8, 4) is 0 Å². The first-order valence-corrected chi connectivity index (χ1v) is 9.66. The van der Waals surface area contributed by atoms with E-state index in [4.69, 9.17) is 21.7 Å². The minimum Gasteiger partial charge on any atom is -0.480 e. The second-order valence-electron chi connectivity index (χ2n) is 4.66. The molecular formula is C13H18NO5PS. The highest BCUT2D eigenvalue weighted by Crippen LogP contribution is 2.36. The van der Waals surface area contributed by atoms with Crippen LogP contribution in [0.1, 0.15) is 12.0 Å². The van der Waals surface area contributed by atoms with Gasteiger partial charge in [0.05, 0.1) is 6.26 Å². The highest BCUT2D eigenvalue weighted by molar-refractivity contribution is 8.11. The third-order valence-corrected chi connectivity index (χ3v) is 4.27. The molecule has 1 aromatic rings. The molecule has 1 aromatic carbocycles. The maximum atomic E-state index is 11.6. The standard InChI is InChI=1S/C13H18NO5PS/c1-20(18,21)8-7-11(12(15)16)14-13(17)19-9-10-5-3-2-4-6-10/h2-6,11H,7-9H2,1H3,(H,14,17)(H,15,16)(H,18,21)/t11-,20?/m0/s1. The Morgan fingerprint density at radius 3 is 2.52 bits per heavy atom. The van der Waals surface area contributed by atoms with Crippen LogP contribution >= 0.6 is 6.26 Å². The number of rotatable bonds is 7. The average Bonchev–Trinajstić information content (AvgIpc) is 2.41. The van der Waals surface area contributed by atoms with Crippen molar-refractivity contribution in [2.24, 2.45) is 0 Å². The van der Waals surface area contributed by atoms with Crippen molar-refractivity contribution in [2.75, 3.05) is 12.8 Å². The van der Waals surface area contributed by atoms with Crippen LogP contribution in [-0.4, -0.2) is 40.9 Å². The Hall–Kier alpha value is -1.43. The van der Waals surface area contributed by atoms with E-state index in [-0.39, 0.29) is 19.2 Å². The van der Waals surface area contributed by atoms with Gasteiger partial charge in [0, 0.05) is 6.16 Å². The Morgan fingerprint density at radius 1 is 1.38 bits per heavy atom. The van der Waals surface area contributed by atoms with Crippen LogP contribution in [0.3, 0.4) is 0 Å². The van der Waals surface area contributed by atoms with Crippen LogP contribution in [0.2, 0.25) is 0 Å². The Bertz CT molecular complexity index is 531. The van der Waals surface area contributed by atoms with Gasteiger partial charge in [-0.1, -0.05) is 42.1 Å². The summed E-state index contributed by atoms with van der Waals surface area (Å²) in [7, 11) is 0. The van der Waals surface area contributed by atoms with Crippen molar-refractivity contribution in [2.45, 2.75) is 19.1 Å². The summed E-state index contributed by atoms with van der Waals surface area (Å²) in [6, 6.07) is 7.93. The number of carbonyl (C=O) groups excluding carboxylic acids is 1. The van der Waals surface area contributed by atoms with Gasteiger partial charge in [0.1, 0.15) is 12.6 Å². The van der Waals surface area contributed by atoms with E-state index in [1.165, 1.54) is 6.66 Å². The number of carbonyl (C=O) groups is 2. The minimum atomic E-state index is -2.49. The molecule has 0 bridgehead atoms. The van der Waals surface area contributed by atoms with Gasteiger partial charge >= 0.3 is 12.1 Å². The van der Waals surface area contributed by atoms with E-state index < -0.39 is 24.4 Å². The van der Waals surface area contributed by atoms with Gasteiger partial charge < -0.3 is 20.1 Å². The lowest BCUT2D eigenvalue weighted by Gasteiger charge is -2.16. The van der Waals surface area contributed by atoms with Crippen molar-refractivity contribution in [1.29, 1.82) is 0 Å². The summed E-state index contributed by atoms with van der Waals surface area (Å²) >= 11 is 4.85. The SMILES string of the molecule is CP(O)(=S)CC[C@H](NC(=O)OCc1ccccc1)C(=O)O. The molecular weight excluding hydrogens is 313 g/mol. The number of carboxylic acid groups (broad SMARTS) is 1. The first-order chi connectivity index (χ1) is 9.78. The molecule has 1 unspecified atom stereocenters. The molecule has 0 aliphatic carbocycles. The highest BCUT2D eigenvalue weighted by Gasteiger charge is 2.22. The third-order valence-electron chi connectivity index (χ3n) is 2.64. The van der Waals surface area contributed by atoms with Crippen LogP contribution in [0, 0.1) is 0 Å². The van der Waals surface area contributed by atoms with Crippen molar-refractivity contribution < 1.29 is 24.3 Å². The number of hydrogen-bond acceptors (Lipinski definition) is 4. The van der Waals surface area contributed by atoms with Crippen LogP contribution in [0.25, 0.3) is 0 Å². The number of benzene rings is 1. The summed E-state index contributed by atoms with van der Waals surface area (Å²) in [5.41, 5.74) is 0.805. The average molecular weight is 331 g/mol. The van der Waals surface area contributed by atoms with Gasteiger partial charge in [0.2, 0.25) is 0 Å². The predicted octanol–water partition coefficient (Wildman–Crippen LogP) is 1.77. The molecule has 0 aromatic heterocycles. The monoisotopic (exact) mass is 331 g/mol. The molecule has 0 heterocycles. The van der Waals surface area contributed by atoms with Gasteiger partial charge in [-0.2, -0.15) is 0 Å². The van der Waals surface area contributed by atoms with E-state index in [0.29, 0.717) is 0 Å². The zero-order chi connectivity index (χ0) is 15.9. The molecule has 0 saturated heterocycles. The Morgan fingerprint density at radius 2 is 2.00 bits per heavy atom. The zero-order valence-corrected chi connectivity index (χ0v) is 13.3. The quantitative estimate of drug-likeness (QED) is 0.659. The molecule has 3 N–H and O–H groups in total. The summed E-state index contributed by atoms with van der Waals surface area (Å²) < 4.78 is 4.95. The molecule has 1 rings (SSSR count). The van der Waals surface area contributed by atoms with E-state index in [0.717, 1.165) is 5.56 Å². The molecule has 0 spiro atoms. The van der Waals surface area contributed by atoms with Crippen LogP contribution in [-0.2, 0) is 27.9 Å². The summed E-state index contributed by atoms with van der Waals surface area (Å²) in [5, 5.41) is 11.3. The lowest BCUT2D eigenvalue weighted by Crippen LogP contribution is -2.41. The molecule has 6 nitrogen and oxygen atoms in total. The van der Waals surface area contributed by atoms with Crippen LogP contribution in [0.5, 0.6) is 0 Å². The second kappa shape index (κ2) is 8.12. The number of aliphatic carboxylic acids is 1. The van der Waals surface area contributed by atoms with E-state index >= 15 is 0 Å². The van der Waals surface area contributed by atoms with Gasteiger partial charge in [-0.15, -0.1) is 0 Å². The van der Waals surface area contributed by atoms with Crippen molar-refractivity contribution in [1.82, 2.24) is 5.32 Å². The van der Waals surface area contributed by atoms with Gasteiger partial charge in [-0.05, 0) is 18.6 Å². The smallest absolute Gasteiger partial charge is 0.408 e. The fraction of sp³-hybridized carbons (Fsp3) is 0.385. The van der Waals surface area contributed by atoms with E-state index in [9.17, 15) is 14.5 Å². The molecule has 0 aliphatic rings. The Kier molecular flexibility index (Phi) is 6.81. The maximum Gasteiger partial charge on any atom is 0.408 e.